The summed E-state index contributed by atoms with van der Waals surface area (Å²) >= 11 is 6.15. The maximum atomic E-state index is 13.1. The smallest absolute Gasteiger partial charge is 0.243 e. The van der Waals surface area contributed by atoms with Gasteiger partial charge in [-0.25, -0.2) is 4.39 Å². The van der Waals surface area contributed by atoms with Gasteiger partial charge in [-0.3, -0.25) is 20.4 Å². The van der Waals surface area contributed by atoms with Crippen LogP contribution in [0.2, 0.25) is 5.02 Å². The lowest BCUT2D eigenvalue weighted by atomic mass is 10.1. The zero-order valence-electron chi connectivity index (χ0n) is 17.1. The van der Waals surface area contributed by atoms with Gasteiger partial charge in [0.1, 0.15) is 18.2 Å². The molecule has 6 nitrogen and oxygen atoms in total. The number of amides is 2. The van der Waals surface area contributed by atoms with Gasteiger partial charge in [-0.05, 0) is 42.5 Å². The summed E-state index contributed by atoms with van der Waals surface area (Å²) in [7, 11) is 0. The highest BCUT2D eigenvalue weighted by Crippen LogP contribution is 2.26. The molecule has 2 N–H and O–H groups in total. The molecular formula is C24H21ClFN3O3. The molecule has 0 aromatic heterocycles. The lowest BCUT2D eigenvalue weighted by Crippen LogP contribution is -2.36. The second-order valence-electron chi connectivity index (χ2n) is 7.40. The summed E-state index contributed by atoms with van der Waals surface area (Å²) < 4.78 is 18.9. The normalized spacial score (nSPS) is 15.5. The molecule has 0 spiro atoms. The highest BCUT2D eigenvalue weighted by Gasteiger charge is 2.35. The fourth-order valence-electron chi connectivity index (χ4n) is 3.43. The number of ether oxygens (including phenoxy) is 1. The molecule has 0 aliphatic carbocycles. The van der Waals surface area contributed by atoms with Gasteiger partial charge in [0, 0.05) is 35.3 Å². The Morgan fingerprint density at radius 1 is 1.09 bits per heavy atom. The predicted molar refractivity (Wildman–Crippen MR) is 121 cm³/mol. The van der Waals surface area contributed by atoms with E-state index < -0.39 is 5.92 Å². The van der Waals surface area contributed by atoms with Gasteiger partial charge in [-0.15, -0.1) is 0 Å². The minimum absolute atomic E-state index is 0.0892. The van der Waals surface area contributed by atoms with Crippen LogP contribution in [-0.4, -0.2) is 18.4 Å². The van der Waals surface area contributed by atoms with Crippen LogP contribution in [0.25, 0.3) is 0 Å². The zero-order chi connectivity index (χ0) is 22.5. The van der Waals surface area contributed by atoms with Gasteiger partial charge in [0.15, 0.2) is 0 Å². The second kappa shape index (κ2) is 9.70. The average Bonchev–Trinajstić information content (AvgIpc) is 3.19. The fourth-order valence-corrected chi connectivity index (χ4v) is 3.62. The number of anilines is 2. The topological polar surface area (TPSA) is 70.7 Å². The number of rotatable bonds is 7. The van der Waals surface area contributed by atoms with Crippen LogP contribution in [0.4, 0.5) is 15.8 Å². The minimum Gasteiger partial charge on any atom is -0.489 e. The van der Waals surface area contributed by atoms with Crippen LogP contribution in [0.15, 0.2) is 72.8 Å². The number of nitrogens with one attached hydrogen (secondary N) is 2. The van der Waals surface area contributed by atoms with Gasteiger partial charge in [-0.1, -0.05) is 35.9 Å². The Morgan fingerprint density at radius 3 is 2.66 bits per heavy atom. The first-order chi connectivity index (χ1) is 15.5. The summed E-state index contributed by atoms with van der Waals surface area (Å²) in [4.78, 5) is 26.4. The van der Waals surface area contributed by atoms with E-state index in [9.17, 15) is 14.0 Å². The Bertz CT molecular complexity index is 1120. The van der Waals surface area contributed by atoms with E-state index in [-0.39, 0.29) is 30.6 Å². The van der Waals surface area contributed by atoms with Crippen LogP contribution in [0.5, 0.6) is 5.75 Å². The van der Waals surface area contributed by atoms with E-state index in [0.717, 1.165) is 5.56 Å². The molecule has 2 amide bonds. The molecule has 8 heteroatoms. The first-order valence-electron chi connectivity index (χ1n) is 10.1. The molecule has 0 bridgehead atoms. The van der Waals surface area contributed by atoms with E-state index in [2.05, 4.69) is 10.9 Å². The molecule has 164 valence electrons. The molecule has 1 aliphatic heterocycles. The Morgan fingerprint density at radius 2 is 1.88 bits per heavy atom. The molecule has 32 heavy (non-hydrogen) atoms. The Hall–Kier alpha value is -3.58. The average molecular weight is 454 g/mol. The summed E-state index contributed by atoms with van der Waals surface area (Å²) in [5, 5.41) is 0.634. The quantitative estimate of drug-likeness (QED) is 0.515. The molecule has 1 fully saturated rings. The van der Waals surface area contributed by atoms with Crippen LogP contribution in [0.1, 0.15) is 12.0 Å². The van der Waals surface area contributed by atoms with Crippen molar-refractivity contribution in [1.82, 2.24) is 5.43 Å². The number of benzene rings is 3. The molecule has 0 radical (unpaired) electrons. The third-order valence-corrected chi connectivity index (χ3v) is 5.52. The summed E-state index contributed by atoms with van der Waals surface area (Å²) in [5.74, 6) is -0.753. The van der Waals surface area contributed by atoms with Crippen molar-refractivity contribution in [3.63, 3.8) is 0 Å². The van der Waals surface area contributed by atoms with Gasteiger partial charge in [0.05, 0.1) is 11.6 Å². The molecule has 3 aromatic rings. The molecule has 1 aliphatic rings. The van der Waals surface area contributed by atoms with Crippen LogP contribution in [0, 0.1) is 11.7 Å². The number of halogens is 2. The van der Waals surface area contributed by atoms with E-state index in [1.807, 2.05) is 18.2 Å². The molecular weight excluding hydrogens is 433 g/mol. The SMILES string of the molecule is O=C(NNc1cccc(OCc2ccccc2Cl)c1)[C@H]1CC(=O)N(c2ccc(F)cc2)C1. The molecule has 4 rings (SSSR count). The Balaban J connectivity index is 1.31. The number of nitrogens with zero attached hydrogens (tertiary/aromatic N) is 1. The van der Waals surface area contributed by atoms with Gasteiger partial charge >= 0.3 is 0 Å². The molecule has 1 atom stereocenters. The zero-order valence-corrected chi connectivity index (χ0v) is 17.8. The van der Waals surface area contributed by atoms with Crippen molar-refractivity contribution in [2.75, 3.05) is 16.9 Å². The standard InChI is InChI=1S/C24H21ClFN3O3/c25-22-7-2-1-4-16(22)15-32-21-6-3-5-19(13-21)27-28-24(31)17-12-23(30)29(14-17)20-10-8-18(26)9-11-20/h1-11,13,17,27H,12,14-15H2,(H,28,31)/t17-/m0/s1. The van der Waals surface area contributed by atoms with Gasteiger partial charge in [0.25, 0.3) is 0 Å². The second-order valence-corrected chi connectivity index (χ2v) is 7.81. The molecule has 1 saturated heterocycles. The maximum absolute atomic E-state index is 13.1. The minimum atomic E-state index is -0.514. The van der Waals surface area contributed by atoms with Crippen molar-refractivity contribution in [2.24, 2.45) is 5.92 Å². The number of hydrogen-bond acceptors (Lipinski definition) is 4. The van der Waals surface area contributed by atoms with Crippen molar-refractivity contribution in [1.29, 1.82) is 0 Å². The van der Waals surface area contributed by atoms with Gasteiger partial charge < -0.3 is 9.64 Å². The number of carbonyl (C=O) groups is 2. The fraction of sp³-hybridized carbons (Fsp3) is 0.167. The largest absolute Gasteiger partial charge is 0.489 e. The third kappa shape index (κ3) is 5.18. The van der Waals surface area contributed by atoms with E-state index in [0.29, 0.717) is 28.8 Å². The number of hydrogen-bond donors (Lipinski definition) is 2. The monoisotopic (exact) mass is 453 g/mol. The molecule has 3 aromatic carbocycles. The van der Waals surface area contributed by atoms with E-state index >= 15 is 0 Å². The van der Waals surface area contributed by atoms with Crippen molar-refractivity contribution in [3.8, 4) is 5.75 Å². The van der Waals surface area contributed by atoms with E-state index in [4.69, 9.17) is 16.3 Å². The first kappa shape index (κ1) is 21.6. The van der Waals surface area contributed by atoms with Crippen LogP contribution in [0.3, 0.4) is 0 Å². The van der Waals surface area contributed by atoms with Crippen molar-refractivity contribution in [3.05, 3.63) is 89.2 Å². The summed E-state index contributed by atoms with van der Waals surface area (Å²) in [6.07, 6.45) is 0.0892. The highest BCUT2D eigenvalue weighted by atomic mass is 35.5. The number of hydrazine groups is 1. The Labute approximate surface area is 189 Å². The van der Waals surface area contributed by atoms with Crippen molar-refractivity contribution in [2.45, 2.75) is 13.0 Å². The summed E-state index contributed by atoms with van der Waals surface area (Å²) in [5.41, 5.74) is 7.59. The molecule has 1 heterocycles. The third-order valence-electron chi connectivity index (χ3n) is 5.15. The maximum Gasteiger partial charge on any atom is 0.243 e. The van der Waals surface area contributed by atoms with Crippen LogP contribution < -0.4 is 20.5 Å². The Kier molecular flexibility index (Phi) is 6.56. The van der Waals surface area contributed by atoms with Crippen molar-refractivity contribution < 1.29 is 18.7 Å². The number of carbonyl (C=O) groups excluding carboxylic acids is 2. The highest BCUT2D eigenvalue weighted by molar-refractivity contribution is 6.31. The van der Waals surface area contributed by atoms with E-state index in [1.54, 1.807) is 30.3 Å². The lowest BCUT2D eigenvalue weighted by Gasteiger charge is -2.17. The van der Waals surface area contributed by atoms with Gasteiger partial charge in [0.2, 0.25) is 11.8 Å². The molecule has 0 unspecified atom stereocenters. The van der Waals surface area contributed by atoms with E-state index in [1.165, 1.54) is 29.2 Å². The van der Waals surface area contributed by atoms with Crippen LogP contribution >= 0.6 is 11.6 Å². The summed E-state index contributed by atoms with van der Waals surface area (Å²) in [6.45, 7) is 0.553. The predicted octanol–water partition coefficient (Wildman–Crippen LogP) is 4.55. The molecule has 0 saturated carbocycles. The van der Waals surface area contributed by atoms with Crippen LogP contribution in [-0.2, 0) is 16.2 Å². The summed E-state index contributed by atoms with van der Waals surface area (Å²) in [6, 6.07) is 20.2. The van der Waals surface area contributed by atoms with Crippen molar-refractivity contribution >= 4 is 34.8 Å². The lowest BCUT2D eigenvalue weighted by molar-refractivity contribution is -0.125. The first-order valence-corrected chi connectivity index (χ1v) is 10.5. The van der Waals surface area contributed by atoms with Gasteiger partial charge in [-0.2, -0.15) is 0 Å².